The van der Waals surface area contributed by atoms with Crippen molar-refractivity contribution in [3.8, 4) is 5.75 Å². The van der Waals surface area contributed by atoms with Gasteiger partial charge in [-0.15, -0.1) is 0 Å². The zero-order valence-electron chi connectivity index (χ0n) is 16.8. The van der Waals surface area contributed by atoms with Gasteiger partial charge in [-0.2, -0.15) is 5.10 Å². The summed E-state index contributed by atoms with van der Waals surface area (Å²) < 4.78 is 6.23. The van der Waals surface area contributed by atoms with Crippen LogP contribution in [0.3, 0.4) is 0 Å². The number of amides is 2. The van der Waals surface area contributed by atoms with Gasteiger partial charge in [-0.05, 0) is 36.4 Å². The summed E-state index contributed by atoms with van der Waals surface area (Å²) in [5.41, 5.74) is 2.19. The Bertz CT molecular complexity index is 969. The van der Waals surface area contributed by atoms with E-state index in [0.29, 0.717) is 30.9 Å². The van der Waals surface area contributed by atoms with Crippen LogP contribution in [0.4, 0.5) is 11.4 Å². The third kappa shape index (κ3) is 4.33. The van der Waals surface area contributed by atoms with E-state index < -0.39 is 0 Å². The molecule has 156 valence electrons. The first-order valence-electron chi connectivity index (χ1n) is 9.89. The zero-order chi connectivity index (χ0) is 21.1. The van der Waals surface area contributed by atoms with Crippen LogP contribution in [0.2, 0.25) is 0 Å². The third-order valence-corrected chi connectivity index (χ3v) is 5.86. The number of piperazine rings is 1. The Morgan fingerprint density at radius 3 is 2.43 bits per heavy atom. The van der Waals surface area contributed by atoms with Gasteiger partial charge in [0.2, 0.25) is 5.91 Å². The Kier molecular flexibility index (Phi) is 6.03. The maximum absolute atomic E-state index is 13.0. The standard InChI is InChI=1S/C22H23BrN4O3/c1-30-19-4-2-3-18(15-19)25-11-13-26(14-12-25)22(29)20-9-10-21(28)27(24-20)17-7-5-16(23)6-8-17/h2-8,15H,9-14H2,1H3. The maximum Gasteiger partial charge on any atom is 0.270 e. The van der Waals surface area contributed by atoms with E-state index in [1.807, 2.05) is 53.4 Å². The van der Waals surface area contributed by atoms with E-state index in [0.717, 1.165) is 29.0 Å². The van der Waals surface area contributed by atoms with Gasteiger partial charge in [0.05, 0.1) is 12.8 Å². The average molecular weight is 471 g/mol. The van der Waals surface area contributed by atoms with Crippen LogP contribution in [0.25, 0.3) is 0 Å². The van der Waals surface area contributed by atoms with Crippen molar-refractivity contribution in [1.82, 2.24) is 4.90 Å². The van der Waals surface area contributed by atoms with Gasteiger partial charge in [-0.1, -0.05) is 22.0 Å². The van der Waals surface area contributed by atoms with Gasteiger partial charge in [0.15, 0.2) is 0 Å². The van der Waals surface area contributed by atoms with E-state index in [4.69, 9.17) is 4.74 Å². The van der Waals surface area contributed by atoms with E-state index in [1.165, 1.54) is 5.01 Å². The smallest absolute Gasteiger partial charge is 0.270 e. The summed E-state index contributed by atoms with van der Waals surface area (Å²) in [5.74, 6) is 0.631. The first-order chi connectivity index (χ1) is 14.5. The minimum atomic E-state index is -0.100. The van der Waals surface area contributed by atoms with Crippen LogP contribution < -0.4 is 14.6 Å². The molecule has 0 N–H and O–H groups in total. The van der Waals surface area contributed by atoms with Crippen molar-refractivity contribution in [2.24, 2.45) is 5.10 Å². The number of ether oxygens (including phenoxy) is 1. The number of benzene rings is 2. The van der Waals surface area contributed by atoms with Crippen molar-refractivity contribution >= 4 is 44.8 Å². The largest absolute Gasteiger partial charge is 0.497 e. The highest BCUT2D eigenvalue weighted by Gasteiger charge is 2.30. The van der Waals surface area contributed by atoms with Gasteiger partial charge in [0, 0.05) is 55.2 Å². The number of carbonyl (C=O) groups is 2. The van der Waals surface area contributed by atoms with Crippen molar-refractivity contribution in [3.63, 3.8) is 0 Å². The molecule has 0 saturated carbocycles. The molecule has 30 heavy (non-hydrogen) atoms. The van der Waals surface area contributed by atoms with E-state index >= 15 is 0 Å². The van der Waals surface area contributed by atoms with Crippen LogP contribution in [-0.4, -0.2) is 55.7 Å². The molecule has 2 aromatic carbocycles. The fourth-order valence-corrected chi connectivity index (χ4v) is 3.91. The van der Waals surface area contributed by atoms with Crippen LogP contribution in [0.15, 0.2) is 58.1 Å². The number of hydrogen-bond donors (Lipinski definition) is 0. The van der Waals surface area contributed by atoms with Crippen molar-refractivity contribution in [1.29, 1.82) is 0 Å². The molecule has 4 rings (SSSR count). The number of rotatable bonds is 4. The lowest BCUT2D eigenvalue weighted by Gasteiger charge is -2.36. The van der Waals surface area contributed by atoms with E-state index in [1.54, 1.807) is 7.11 Å². The van der Waals surface area contributed by atoms with Crippen molar-refractivity contribution in [2.75, 3.05) is 43.2 Å². The second kappa shape index (κ2) is 8.87. The van der Waals surface area contributed by atoms with Gasteiger partial charge in [-0.3, -0.25) is 9.59 Å². The fraction of sp³-hybridized carbons (Fsp3) is 0.318. The minimum absolute atomic E-state index is 0.0881. The SMILES string of the molecule is COc1cccc(N2CCN(C(=O)C3=NN(c4ccc(Br)cc4)C(=O)CC3)CC2)c1. The molecule has 0 spiro atoms. The average Bonchev–Trinajstić information content (AvgIpc) is 2.80. The monoisotopic (exact) mass is 470 g/mol. The Morgan fingerprint density at radius 1 is 1.00 bits per heavy atom. The summed E-state index contributed by atoms with van der Waals surface area (Å²) in [4.78, 5) is 29.5. The van der Waals surface area contributed by atoms with Crippen LogP contribution in [-0.2, 0) is 9.59 Å². The fourth-order valence-electron chi connectivity index (χ4n) is 3.65. The third-order valence-electron chi connectivity index (χ3n) is 5.34. The molecule has 0 atom stereocenters. The summed E-state index contributed by atoms with van der Waals surface area (Å²) in [6.45, 7) is 2.70. The summed E-state index contributed by atoms with van der Waals surface area (Å²) in [6, 6.07) is 15.3. The molecule has 2 aliphatic rings. The van der Waals surface area contributed by atoms with E-state index in [-0.39, 0.29) is 18.2 Å². The number of halogens is 1. The number of carbonyl (C=O) groups excluding carboxylic acids is 2. The van der Waals surface area contributed by atoms with Crippen molar-refractivity contribution < 1.29 is 14.3 Å². The molecule has 2 amide bonds. The van der Waals surface area contributed by atoms with Gasteiger partial charge in [0.25, 0.3) is 5.91 Å². The molecule has 0 bridgehead atoms. The molecule has 1 saturated heterocycles. The molecule has 8 heteroatoms. The summed E-state index contributed by atoms with van der Waals surface area (Å²) in [5, 5.41) is 5.74. The minimum Gasteiger partial charge on any atom is -0.497 e. The topological polar surface area (TPSA) is 65.5 Å². The number of hydrogen-bond acceptors (Lipinski definition) is 5. The zero-order valence-corrected chi connectivity index (χ0v) is 18.3. The number of anilines is 2. The Hall–Kier alpha value is -2.87. The molecular formula is C22H23BrN4O3. The molecule has 2 aromatic rings. The first-order valence-corrected chi connectivity index (χ1v) is 10.7. The van der Waals surface area contributed by atoms with Gasteiger partial charge >= 0.3 is 0 Å². The molecule has 2 aliphatic heterocycles. The molecule has 1 fully saturated rings. The van der Waals surface area contributed by atoms with Gasteiger partial charge in [0.1, 0.15) is 11.5 Å². The lowest BCUT2D eigenvalue weighted by atomic mass is 10.1. The van der Waals surface area contributed by atoms with Crippen LogP contribution in [0, 0.1) is 0 Å². The lowest BCUT2D eigenvalue weighted by molar-refractivity contribution is -0.124. The van der Waals surface area contributed by atoms with Crippen LogP contribution in [0.5, 0.6) is 5.75 Å². The van der Waals surface area contributed by atoms with Crippen LogP contribution >= 0.6 is 15.9 Å². The second-order valence-corrected chi connectivity index (χ2v) is 8.13. The predicted molar refractivity (Wildman–Crippen MR) is 120 cm³/mol. The van der Waals surface area contributed by atoms with Gasteiger partial charge in [-0.25, -0.2) is 5.01 Å². The highest BCUT2D eigenvalue weighted by atomic mass is 79.9. The second-order valence-electron chi connectivity index (χ2n) is 7.21. The van der Waals surface area contributed by atoms with Gasteiger partial charge < -0.3 is 14.5 Å². The van der Waals surface area contributed by atoms with Crippen molar-refractivity contribution in [3.05, 3.63) is 53.0 Å². The first kappa shape index (κ1) is 20.4. The normalized spacial score (nSPS) is 17.1. The summed E-state index contributed by atoms with van der Waals surface area (Å²) in [6.07, 6.45) is 0.658. The van der Waals surface area contributed by atoms with E-state index in [9.17, 15) is 9.59 Å². The Morgan fingerprint density at radius 2 is 1.73 bits per heavy atom. The highest BCUT2D eigenvalue weighted by Crippen LogP contribution is 2.24. The molecule has 0 unspecified atom stereocenters. The highest BCUT2D eigenvalue weighted by molar-refractivity contribution is 9.10. The predicted octanol–water partition coefficient (Wildman–Crippen LogP) is 3.29. The lowest BCUT2D eigenvalue weighted by Crippen LogP contribution is -2.51. The van der Waals surface area contributed by atoms with Crippen molar-refractivity contribution in [2.45, 2.75) is 12.8 Å². The number of hydrazone groups is 1. The molecule has 0 aliphatic carbocycles. The maximum atomic E-state index is 13.0. The number of methoxy groups -OCH3 is 1. The van der Waals surface area contributed by atoms with Crippen LogP contribution in [0.1, 0.15) is 12.8 Å². The van der Waals surface area contributed by atoms with E-state index in [2.05, 4.69) is 25.9 Å². The molecule has 7 nitrogen and oxygen atoms in total. The Labute approximate surface area is 184 Å². The molecular weight excluding hydrogens is 448 g/mol. The molecule has 0 aromatic heterocycles. The summed E-state index contributed by atoms with van der Waals surface area (Å²) >= 11 is 3.39. The number of nitrogens with zero attached hydrogens (tertiary/aromatic N) is 4. The Balaban J connectivity index is 1.43. The summed E-state index contributed by atoms with van der Waals surface area (Å²) in [7, 11) is 1.66. The quantitative estimate of drug-likeness (QED) is 0.687. The molecule has 2 heterocycles. The molecule has 0 radical (unpaired) electrons.